The molecular formula is C22H28N2O2. The fraction of sp³-hybridized carbons (Fsp3) is 0.409. The van der Waals surface area contributed by atoms with Crippen molar-refractivity contribution in [2.75, 3.05) is 18.4 Å². The molecule has 1 aliphatic heterocycles. The number of aryl methyl sites for hydroxylation is 1. The summed E-state index contributed by atoms with van der Waals surface area (Å²) in [6.07, 6.45) is 2.36. The van der Waals surface area contributed by atoms with E-state index in [1.807, 2.05) is 55.5 Å². The Morgan fingerprint density at radius 1 is 1.12 bits per heavy atom. The molecule has 3 rings (SSSR count). The van der Waals surface area contributed by atoms with Gasteiger partial charge in [-0.15, -0.1) is 0 Å². The van der Waals surface area contributed by atoms with Gasteiger partial charge in [-0.05, 0) is 75.6 Å². The van der Waals surface area contributed by atoms with Gasteiger partial charge in [-0.3, -0.25) is 4.79 Å². The van der Waals surface area contributed by atoms with Gasteiger partial charge in [-0.25, -0.2) is 0 Å². The summed E-state index contributed by atoms with van der Waals surface area (Å²) in [5, 5.41) is 2.93. The number of benzene rings is 2. The van der Waals surface area contributed by atoms with Crippen LogP contribution in [0.15, 0.2) is 48.5 Å². The van der Waals surface area contributed by atoms with E-state index < -0.39 is 0 Å². The molecule has 138 valence electrons. The predicted octanol–water partition coefficient (Wildman–Crippen LogP) is 4.50. The van der Waals surface area contributed by atoms with Crippen LogP contribution in [0.3, 0.4) is 0 Å². The van der Waals surface area contributed by atoms with Crippen LogP contribution < -0.4 is 10.1 Å². The van der Waals surface area contributed by atoms with Crippen molar-refractivity contribution in [1.29, 1.82) is 0 Å². The summed E-state index contributed by atoms with van der Waals surface area (Å²) >= 11 is 0. The molecule has 1 amide bonds. The van der Waals surface area contributed by atoms with Crippen molar-refractivity contribution >= 4 is 11.6 Å². The fourth-order valence-corrected chi connectivity index (χ4v) is 3.31. The third-order valence-corrected chi connectivity index (χ3v) is 4.90. The van der Waals surface area contributed by atoms with Crippen LogP contribution in [-0.4, -0.2) is 36.0 Å². The number of anilines is 1. The largest absolute Gasteiger partial charge is 0.490 e. The lowest BCUT2D eigenvalue weighted by atomic mass is 10.1. The monoisotopic (exact) mass is 352 g/mol. The lowest BCUT2D eigenvalue weighted by Gasteiger charge is -2.34. The maximum atomic E-state index is 12.4. The molecule has 0 saturated carbocycles. The second kappa shape index (κ2) is 8.37. The van der Waals surface area contributed by atoms with Gasteiger partial charge in [0, 0.05) is 30.4 Å². The topological polar surface area (TPSA) is 41.6 Å². The van der Waals surface area contributed by atoms with Gasteiger partial charge >= 0.3 is 0 Å². The molecule has 4 nitrogen and oxygen atoms in total. The summed E-state index contributed by atoms with van der Waals surface area (Å²) in [6.45, 7) is 8.65. The zero-order chi connectivity index (χ0) is 18.5. The molecule has 0 bridgehead atoms. The minimum Gasteiger partial charge on any atom is -0.490 e. The second-order valence-corrected chi connectivity index (χ2v) is 7.29. The van der Waals surface area contributed by atoms with Crippen LogP contribution in [0.25, 0.3) is 0 Å². The quantitative estimate of drug-likeness (QED) is 0.861. The molecule has 2 aromatic rings. The number of nitrogens with zero attached hydrogens (tertiary/aromatic N) is 1. The number of carbonyl (C=O) groups excluding carboxylic acids is 1. The van der Waals surface area contributed by atoms with Gasteiger partial charge in [0.2, 0.25) is 0 Å². The summed E-state index contributed by atoms with van der Waals surface area (Å²) < 4.78 is 6.09. The summed E-state index contributed by atoms with van der Waals surface area (Å²) in [5.41, 5.74) is 2.57. The highest BCUT2D eigenvalue weighted by molar-refractivity contribution is 6.04. The first-order valence-electron chi connectivity index (χ1n) is 9.40. The van der Waals surface area contributed by atoms with Crippen molar-refractivity contribution in [2.24, 2.45) is 0 Å². The lowest BCUT2D eigenvalue weighted by molar-refractivity contribution is 0.0843. The Morgan fingerprint density at radius 2 is 1.81 bits per heavy atom. The maximum absolute atomic E-state index is 12.4. The van der Waals surface area contributed by atoms with Gasteiger partial charge in [-0.2, -0.15) is 0 Å². The zero-order valence-electron chi connectivity index (χ0n) is 15.9. The van der Waals surface area contributed by atoms with Crippen LogP contribution in [0.2, 0.25) is 0 Å². The number of ether oxygens (including phenoxy) is 1. The van der Waals surface area contributed by atoms with E-state index >= 15 is 0 Å². The van der Waals surface area contributed by atoms with Crippen LogP contribution in [0.4, 0.5) is 5.69 Å². The molecule has 2 aromatic carbocycles. The number of piperidine rings is 1. The molecular weight excluding hydrogens is 324 g/mol. The van der Waals surface area contributed by atoms with E-state index in [-0.39, 0.29) is 12.0 Å². The molecule has 0 spiro atoms. The minimum absolute atomic E-state index is 0.104. The van der Waals surface area contributed by atoms with E-state index in [1.165, 1.54) is 0 Å². The van der Waals surface area contributed by atoms with Crippen molar-refractivity contribution in [3.63, 3.8) is 0 Å². The zero-order valence-corrected chi connectivity index (χ0v) is 15.9. The summed E-state index contributed by atoms with van der Waals surface area (Å²) in [5.74, 6) is 0.729. The van der Waals surface area contributed by atoms with Crippen molar-refractivity contribution in [3.05, 3.63) is 59.7 Å². The predicted molar refractivity (Wildman–Crippen MR) is 106 cm³/mol. The lowest BCUT2D eigenvalue weighted by Crippen LogP contribution is -2.41. The van der Waals surface area contributed by atoms with Crippen molar-refractivity contribution < 1.29 is 9.53 Å². The number of carbonyl (C=O) groups is 1. The van der Waals surface area contributed by atoms with Crippen molar-refractivity contribution in [2.45, 2.75) is 45.8 Å². The highest BCUT2D eigenvalue weighted by atomic mass is 16.5. The van der Waals surface area contributed by atoms with Crippen LogP contribution in [0.1, 0.15) is 42.6 Å². The van der Waals surface area contributed by atoms with Crippen molar-refractivity contribution in [1.82, 2.24) is 4.90 Å². The number of hydrogen-bond donors (Lipinski definition) is 1. The van der Waals surface area contributed by atoms with E-state index in [2.05, 4.69) is 24.1 Å². The number of hydrogen-bond acceptors (Lipinski definition) is 3. The first-order valence-corrected chi connectivity index (χ1v) is 9.40. The van der Waals surface area contributed by atoms with Crippen LogP contribution >= 0.6 is 0 Å². The third kappa shape index (κ3) is 4.85. The number of rotatable bonds is 5. The molecule has 1 fully saturated rings. The van der Waals surface area contributed by atoms with Gasteiger partial charge in [0.15, 0.2) is 0 Å². The molecule has 0 unspecified atom stereocenters. The van der Waals surface area contributed by atoms with Gasteiger partial charge < -0.3 is 15.0 Å². The van der Waals surface area contributed by atoms with E-state index in [4.69, 9.17) is 4.74 Å². The van der Waals surface area contributed by atoms with Gasteiger partial charge in [0.25, 0.3) is 5.91 Å². The minimum atomic E-state index is -0.104. The Kier molecular flexibility index (Phi) is 5.94. The number of nitrogens with one attached hydrogen (secondary N) is 1. The van der Waals surface area contributed by atoms with E-state index in [1.54, 1.807) is 0 Å². The molecule has 4 heteroatoms. The number of amides is 1. The van der Waals surface area contributed by atoms with Crippen molar-refractivity contribution in [3.8, 4) is 5.75 Å². The summed E-state index contributed by atoms with van der Waals surface area (Å²) in [4.78, 5) is 14.9. The first-order chi connectivity index (χ1) is 12.5. The van der Waals surface area contributed by atoms with Gasteiger partial charge in [-0.1, -0.05) is 12.1 Å². The average Bonchev–Trinajstić information content (AvgIpc) is 2.63. The molecule has 1 aliphatic rings. The maximum Gasteiger partial charge on any atom is 0.255 e. The average molecular weight is 352 g/mol. The molecule has 0 radical (unpaired) electrons. The second-order valence-electron chi connectivity index (χ2n) is 7.29. The molecule has 0 aromatic heterocycles. The number of likely N-dealkylation sites (tertiary alicyclic amines) is 1. The molecule has 1 N–H and O–H groups in total. The molecule has 0 aliphatic carbocycles. The first kappa shape index (κ1) is 18.5. The Hall–Kier alpha value is -2.33. The van der Waals surface area contributed by atoms with E-state index in [9.17, 15) is 4.79 Å². The molecule has 1 saturated heterocycles. The highest BCUT2D eigenvalue weighted by Crippen LogP contribution is 2.21. The Morgan fingerprint density at radius 3 is 2.42 bits per heavy atom. The van der Waals surface area contributed by atoms with Crippen LogP contribution in [0, 0.1) is 6.92 Å². The third-order valence-electron chi connectivity index (χ3n) is 4.90. The molecule has 26 heavy (non-hydrogen) atoms. The van der Waals surface area contributed by atoms with Gasteiger partial charge in [0.1, 0.15) is 11.9 Å². The summed E-state index contributed by atoms with van der Waals surface area (Å²) in [7, 11) is 0. The Labute approximate surface area is 156 Å². The summed E-state index contributed by atoms with van der Waals surface area (Å²) in [6, 6.07) is 15.8. The normalized spacial score (nSPS) is 15.8. The molecule has 1 heterocycles. The highest BCUT2D eigenvalue weighted by Gasteiger charge is 2.22. The van der Waals surface area contributed by atoms with E-state index in [0.29, 0.717) is 11.6 Å². The smallest absolute Gasteiger partial charge is 0.255 e. The molecule has 0 atom stereocenters. The van der Waals surface area contributed by atoms with Crippen LogP contribution in [-0.2, 0) is 0 Å². The Bertz CT molecular complexity index is 732. The Balaban J connectivity index is 1.54. The van der Waals surface area contributed by atoms with E-state index in [0.717, 1.165) is 42.9 Å². The van der Waals surface area contributed by atoms with Crippen LogP contribution in [0.5, 0.6) is 5.75 Å². The van der Waals surface area contributed by atoms with Gasteiger partial charge in [0.05, 0.1) is 0 Å². The fourth-order valence-electron chi connectivity index (χ4n) is 3.31. The standard InChI is InChI=1S/C22H28N2O2/c1-16(2)24-13-11-21(12-14-24)26-20-9-7-18(8-10-20)22(25)23-19-6-4-5-17(3)15-19/h4-10,15-16,21H,11-14H2,1-3H3,(H,23,25). The SMILES string of the molecule is Cc1cccc(NC(=O)c2ccc(OC3CCN(C(C)C)CC3)cc2)c1.